The maximum absolute atomic E-state index is 12.2. The lowest BCUT2D eigenvalue weighted by Crippen LogP contribution is -2.29. The van der Waals surface area contributed by atoms with Crippen molar-refractivity contribution in [2.75, 3.05) is 11.9 Å². The van der Waals surface area contributed by atoms with Crippen LogP contribution in [0.2, 0.25) is 0 Å². The number of amides is 1. The summed E-state index contributed by atoms with van der Waals surface area (Å²) in [4.78, 5) is 18.7. The van der Waals surface area contributed by atoms with Gasteiger partial charge in [0.2, 0.25) is 0 Å². The molecule has 0 saturated heterocycles. The Kier molecular flexibility index (Phi) is 6.30. The highest BCUT2D eigenvalue weighted by molar-refractivity contribution is 9.10. The van der Waals surface area contributed by atoms with Gasteiger partial charge in [0.15, 0.2) is 0 Å². The van der Waals surface area contributed by atoms with Crippen LogP contribution in [0.3, 0.4) is 0 Å². The average Bonchev–Trinajstić information content (AvgIpc) is 2.55. The monoisotopic (exact) mass is 375 g/mol. The highest BCUT2D eigenvalue weighted by Crippen LogP contribution is 2.13. The number of anilines is 1. The van der Waals surface area contributed by atoms with Gasteiger partial charge in [-0.2, -0.15) is 0 Å². The van der Waals surface area contributed by atoms with E-state index in [0.29, 0.717) is 17.4 Å². The molecule has 2 rings (SSSR count). The molecular weight excluding hydrogens is 354 g/mol. The Hall–Kier alpha value is -1.72. The van der Waals surface area contributed by atoms with Crippen LogP contribution in [0.1, 0.15) is 36.7 Å². The Morgan fingerprint density at radius 3 is 2.43 bits per heavy atom. The first-order chi connectivity index (χ1) is 11.0. The second-order valence-electron chi connectivity index (χ2n) is 5.67. The van der Waals surface area contributed by atoms with Gasteiger partial charge in [0, 0.05) is 28.8 Å². The van der Waals surface area contributed by atoms with E-state index in [1.807, 2.05) is 30.3 Å². The predicted octanol–water partition coefficient (Wildman–Crippen LogP) is 4.33. The molecule has 4 nitrogen and oxygen atoms in total. The van der Waals surface area contributed by atoms with Crippen LogP contribution in [-0.2, 0) is 6.54 Å². The molecule has 5 heteroatoms. The molecule has 0 unspecified atom stereocenters. The normalized spacial score (nSPS) is 11.0. The molecule has 1 N–H and O–H groups in total. The van der Waals surface area contributed by atoms with Gasteiger partial charge in [-0.3, -0.25) is 9.69 Å². The van der Waals surface area contributed by atoms with E-state index in [1.165, 1.54) is 5.56 Å². The first-order valence-corrected chi connectivity index (χ1v) is 8.54. The lowest BCUT2D eigenvalue weighted by Gasteiger charge is -2.24. The van der Waals surface area contributed by atoms with Gasteiger partial charge in [-0.25, -0.2) is 4.98 Å². The minimum absolute atomic E-state index is 0.150. The van der Waals surface area contributed by atoms with E-state index in [-0.39, 0.29) is 5.91 Å². The third kappa shape index (κ3) is 5.15. The van der Waals surface area contributed by atoms with Gasteiger partial charge >= 0.3 is 0 Å². The minimum atomic E-state index is -0.150. The van der Waals surface area contributed by atoms with Crippen LogP contribution in [0.5, 0.6) is 0 Å². The van der Waals surface area contributed by atoms with E-state index < -0.39 is 0 Å². The molecule has 0 atom stereocenters. The fourth-order valence-corrected chi connectivity index (χ4v) is 2.53. The Balaban J connectivity index is 2.01. The molecule has 0 fully saturated rings. The van der Waals surface area contributed by atoms with Crippen molar-refractivity contribution < 1.29 is 4.79 Å². The lowest BCUT2D eigenvalue weighted by atomic mass is 10.1. The van der Waals surface area contributed by atoms with Crippen molar-refractivity contribution in [2.24, 2.45) is 0 Å². The molecule has 1 aromatic heterocycles. The predicted molar refractivity (Wildman–Crippen MR) is 97.6 cm³/mol. The standard InChI is InChI=1S/C18H22BrN3O/c1-4-22(13(2)3)12-14-5-7-15(8-6-14)18(23)21-17-10-9-16(19)11-20-17/h5-11,13H,4,12H2,1-3H3,(H,20,21,23). The second kappa shape index (κ2) is 8.22. The number of carbonyl (C=O) groups excluding carboxylic acids is 1. The molecule has 1 amide bonds. The van der Waals surface area contributed by atoms with Crippen molar-refractivity contribution in [3.05, 3.63) is 58.2 Å². The van der Waals surface area contributed by atoms with Crippen LogP contribution in [-0.4, -0.2) is 28.4 Å². The lowest BCUT2D eigenvalue weighted by molar-refractivity contribution is 0.102. The van der Waals surface area contributed by atoms with E-state index >= 15 is 0 Å². The molecule has 0 aliphatic rings. The SMILES string of the molecule is CCN(Cc1ccc(C(=O)Nc2ccc(Br)cn2)cc1)C(C)C. The van der Waals surface area contributed by atoms with E-state index in [0.717, 1.165) is 17.6 Å². The van der Waals surface area contributed by atoms with Gasteiger partial charge in [0.1, 0.15) is 5.82 Å². The molecule has 1 heterocycles. The summed E-state index contributed by atoms with van der Waals surface area (Å²) in [6, 6.07) is 11.8. The summed E-state index contributed by atoms with van der Waals surface area (Å²) in [6.07, 6.45) is 1.66. The Bertz CT molecular complexity index is 638. The quantitative estimate of drug-likeness (QED) is 0.817. The maximum Gasteiger partial charge on any atom is 0.256 e. The van der Waals surface area contributed by atoms with Gasteiger partial charge < -0.3 is 5.32 Å². The Labute approximate surface area is 146 Å². The maximum atomic E-state index is 12.2. The highest BCUT2D eigenvalue weighted by Gasteiger charge is 2.10. The first-order valence-electron chi connectivity index (χ1n) is 7.75. The molecule has 0 bridgehead atoms. The van der Waals surface area contributed by atoms with Crippen molar-refractivity contribution >= 4 is 27.7 Å². The van der Waals surface area contributed by atoms with Crippen molar-refractivity contribution in [3.63, 3.8) is 0 Å². The molecule has 0 aliphatic heterocycles. The van der Waals surface area contributed by atoms with E-state index in [1.54, 1.807) is 12.3 Å². The van der Waals surface area contributed by atoms with E-state index in [4.69, 9.17) is 0 Å². The highest BCUT2D eigenvalue weighted by atomic mass is 79.9. The van der Waals surface area contributed by atoms with Gasteiger partial charge in [-0.1, -0.05) is 19.1 Å². The summed E-state index contributed by atoms with van der Waals surface area (Å²) in [7, 11) is 0. The number of carbonyl (C=O) groups is 1. The summed E-state index contributed by atoms with van der Waals surface area (Å²) in [5.41, 5.74) is 1.84. The molecule has 2 aromatic rings. The van der Waals surface area contributed by atoms with E-state index in [9.17, 15) is 4.79 Å². The number of halogens is 1. The number of rotatable bonds is 6. The largest absolute Gasteiger partial charge is 0.307 e. The molecule has 23 heavy (non-hydrogen) atoms. The topological polar surface area (TPSA) is 45.2 Å². The molecule has 122 valence electrons. The Morgan fingerprint density at radius 1 is 1.22 bits per heavy atom. The second-order valence-corrected chi connectivity index (χ2v) is 6.59. The summed E-state index contributed by atoms with van der Waals surface area (Å²) in [6.45, 7) is 8.44. The fourth-order valence-electron chi connectivity index (χ4n) is 2.29. The number of hydrogen-bond donors (Lipinski definition) is 1. The zero-order chi connectivity index (χ0) is 16.8. The van der Waals surface area contributed by atoms with Crippen molar-refractivity contribution in [2.45, 2.75) is 33.4 Å². The van der Waals surface area contributed by atoms with Gasteiger partial charge in [-0.15, -0.1) is 0 Å². The van der Waals surface area contributed by atoms with Crippen LogP contribution in [0.4, 0.5) is 5.82 Å². The number of nitrogens with one attached hydrogen (secondary N) is 1. The molecular formula is C18H22BrN3O. The molecule has 0 saturated carbocycles. The van der Waals surface area contributed by atoms with Gasteiger partial charge in [0.25, 0.3) is 5.91 Å². The summed E-state index contributed by atoms with van der Waals surface area (Å²) in [5.74, 6) is 0.391. The molecule has 0 radical (unpaired) electrons. The molecule has 0 aliphatic carbocycles. The smallest absolute Gasteiger partial charge is 0.256 e. The van der Waals surface area contributed by atoms with Crippen LogP contribution in [0, 0.1) is 0 Å². The van der Waals surface area contributed by atoms with Crippen LogP contribution >= 0.6 is 15.9 Å². The van der Waals surface area contributed by atoms with Crippen LogP contribution in [0.25, 0.3) is 0 Å². The van der Waals surface area contributed by atoms with Crippen LogP contribution < -0.4 is 5.32 Å². The summed E-state index contributed by atoms with van der Waals surface area (Å²) < 4.78 is 0.880. The van der Waals surface area contributed by atoms with E-state index in [2.05, 4.69) is 51.9 Å². The third-order valence-electron chi connectivity index (χ3n) is 3.71. The summed E-state index contributed by atoms with van der Waals surface area (Å²) in [5, 5.41) is 2.79. The fraction of sp³-hybridized carbons (Fsp3) is 0.333. The number of hydrogen-bond acceptors (Lipinski definition) is 3. The minimum Gasteiger partial charge on any atom is -0.307 e. The van der Waals surface area contributed by atoms with Crippen LogP contribution in [0.15, 0.2) is 47.1 Å². The van der Waals surface area contributed by atoms with Crippen molar-refractivity contribution in [1.29, 1.82) is 0 Å². The van der Waals surface area contributed by atoms with Crippen molar-refractivity contribution in [1.82, 2.24) is 9.88 Å². The molecule has 0 spiro atoms. The number of nitrogens with zero attached hydrogens (tertiary/aromatic N) is 2. The summed E-state index contributed by atoms with van der Waals surface area (Å²) >= 11 is 3.32. The van der Waals surface area contributed by atoms with Gasteiger partial charge in [0.05, 0.1) is 0 Å². The molecule has 1 aromatic carbocycles. The van der Waals surface area contributed by atoms with Gasteiger partial charge in [-0.05, 0) is 66.2 Å². The number of pyridine rings is 1. The zero-order valence-corrected chi connectivity index (χ0v) is 15.3. The Morgan fingerprint density at radius 2 is 1.91 bits per heavy atom. The number of benzene rings is 1. The third-order valence-corrected chi connectivity index (χ3v) is 4.18. The zero-order valence-electron chi connectivity index (χ0n) is 13.7. The van der Waals surface area contributed by atoms with Crippen molar-refractivity contribution in [3.8, 4) is 0 Å². The first kappa shape index (κ1) is 17.6. The average molecular weight is 376 g/mol. The number of aromatic nitrogens is 1.